The summed E-state index contributed by atoms with van der Waals surface area (Å²) in [5, 5.41) is 11.8. The molecular formula is C11H20N2O3. The van der Waals surface area contributed by atoms with E-state index in [4.69, 9.17) is 10.8 Å². The van der Waals surface area contributed by atoms with Gasteiger partial charge < -0.3 is 16.2 Å². The normalized spacial score (nSPS) is 27.1. The summed E-state index contributed by atoms with van der Waals surface area (Å²) in [5.74, 6) is -1.23. The summed E-state index contributed by atoms with van der Waals surface area (Å²) in [7, 11) is 0. The highest BCUT2D eigenvalue weighted by molar-refractivity contribution is 5.81. The summed E-state index contributed by atoms with van der Waals surface area (Å²) in [6.45, 7) is 2.04. The summed E-state index contributed by atoms with van der Waals surface area (Å²) in [6, 6.07) is -0.535. The minimum absolute atomic E-state index is 0.0500. The molecule has 16 heavy (non-hydrogen) atoms. The SMILES string of the molecule is C[C@H](N)C(=O)NC[C@@H]1CCCC[C@@H]1C(=O)O. The summed E-state index contributed by atoms with van der Waals surface area (Å²) >= 11 is 0. The van der Waals surface area contributed by atoms with Gasteiger partial charge in [-0.15, -0.1) is 0 Å². The quantitative estimate of drug-likeness (QED) is 0.647. The fraction of sp³-hybridized carbons (Fsp3) is 0.818. The number of rotatable bonds is 4. The van der Waals surface area contributed by atoms with Gasteiger partial charge in [-0.2, -0.15) is 0 Å². The lowest BCUT2D eigenvalue weighted by molar-refractivity contribution is -0.145. The zero-order valence-electron chi connectivity index (χ0n) is 9.61. The van der Waals surface area contributed by atoms with Crippen LogP contribution in [0.2, 0.25) is 0 Å². The fourth-order valence-corrected chi connectivity index (χ4v) is 2.17. The second kappa shape index (κ2) is 5.84. The molecule has 0 spiro atoms. The number of amides is 1. The van der Waals surface area contributed by atoms with Gasteiger partial charge in [-0.05, 0) is 25.7 Å². The predicted octanol–water partition coefficient (Wildman–Crippen LogP) is 0.341. The van der Waals surface area contributed by atoms with Crippen molar-refractivity contribution in [2.45, 2.75) is 38.6 Å². The molecule has 0 radical (unpaired) electrons. The number of aliphatic carboxylic acids is 1. The van der Waals surface area contributed by atoms with Crippen molar-refractivity contribution < 1.29 is 14.7 Å². The van der Waals surface area contributed by atoms with Gasteiger partial charge in [0.15, 0.2) is 0 Å². The Hall–Kier alpha value is -1.10. The Bertz CT molecular complexity index is 266. The van der Waals surface area contributed by atoms with Crippen molar-refractivity contribution in [3.05, 3.63) is 0 Å². The summed E-state index contributed by atoms with van der Waals surface area (Å²) in [4.78, 5) is 22.3. The van der Waals surface area contributed by atoms with Crippen LogP contribution in [0.15, 0.2) is 0 Å². The van der Waals surface area contributed by atoms with E-state index in [9.17, 15) is 9.59 Å². The van der Waals surface area contributed by atoms with Crippen LogP contribution in [-0.4, -0.2) is 29.6 Å². The first-order chi connectivity index (χ1) is 7.52. The van der Waals surface area contributed by atoms with Crippen LogP contribution in [0.3, 0.4) is 0 Å². The molecule has 0 aromatic carbocycles. The minimum atomic E-state index is -0.750. The summed E-state index contributed by atoms with van der Waals surface area (Å²) < 4.78 is 0. The van der Waals surface area contributed by atoms with Crippen molar-refractivity contribution >= 4 is 11.9 Å². The first-order valence-electron chi connectivity index (χ1n) is 5.78. The lowest BCUT2D eigenvalue weighted by Gasteiger charge is -2.28. The van der Waals surface area contributed by atoms with Crippen molar-refractivity contribution in [3.8, 4) is 0 Å². The molecule has 0 saturated heterocycles. The maximum absolute atomic E-state index is 11.3. The topological polar surface area (TPSA) is 92.4 Å². The summed E-state index contributed by atoms with van der Waals surface area (Å²) in [5.41, 5.74) is 5.42. The molecule has 92 valence electrons. The van der Waals surface area contributed by atoms with Crippen LogP contribution >= 0.6 is 0 Å². The number of carbonyl (C=O) groups is 2. The number of carbonyl (C=O) groups excluding carboxylic acids is 1. The summed E-state index contributed by atoms with van der Waals surface area (Å²) in [6.07, 6.45) is 3.60. The first-order valence-corrected chi connectivity index (χ1v) is 5.78. The van der Waals surface area contributed by atoms with Gasteiger partial charge >= 0.3 is 5.97 Å². The molecule has 5 nitrogen and oxygen atoms in total. The molecule has 0 aromatic heterocycles. The van der Waals surface area contributed by atoms with E-state index in [0.29, 0.717) is 13.0 Å². The highest BCUT2D eigenvalue weighted by Crippen LogP contribution is 2.29. The van der Waals surface area contributed by atoms with E-state index >= 15 is 0 Å². The third-order valence-corrected chi connectivity index (χ3v) is 3.18. The molecule has 1 aliphatic rings. The predicted molar refractivity (Wildman–Crippen MR) is 59.7 cm³/mol. The number of carboxylic acids is 1. The maximum atomic E-state index is 11.3. The molecule has 3 atom stereocenters. The molecule has 1 amide bonds. The second-order valence-corrected chi connectivity index (χ2v) is 4.52. The Kier molecular flexibility index (Phi) is 4.73. The number of carboxylic acid groups (broad SMARTS) is 1. The molecule has 1 saturated carbocycles. The van der Waals surface area contributed by atoms with Crippen LogP contribution in [0, 0.1) is 11.8 Å². The highest BCUT2D eigenvalue weighted by Gasteiger charge is 2.30. The molecule has 0 aliphatic heterocycles. The molecule has 0 bridgehead atoms. The third-order valence-electron chi connectivity index (χ3n) is 3.18. The van der Waals surface area contributed by atoms with Crippen molar-refractivity contribution in [3.63, 3.8) is 0 Å². The molecule has 0 unspecified atom stereocenters. The number of nitrogens with two attached hydrogens (primary N) is 1. The molecule has 4 N–H and O–H groups in total. The molecule has 1 rings (SSSR count). The van der Waals surface area contributed by atoms with Gasteiger partial charge in [-0.25, -0.2) is 0 Å². The Morgan fingerprint density at radius 2 is 2.06 bits per heavy atom. The Morgan fingerprint density at radius 3 is 2.62 bits per heavy atom. The van der Waals surface area contributed by atoms with Gasteiger partial charge in [0.25, 0.3) is 0 Å². The molecule has 1 aliphatic carbocycles. The van der Waals surface area contributed by atoms with Crippen LogP contribution in [0.1, 0.15) is 32.6 Å². The van der Waals surface area contributed by atoms with Gasteiger partial charge in [0.1, 0.15) is 0 Å². The van der Waals surface area contributed by atoms with Crippen LogP contribution in [0.4, 0.5) is 0 Å². The van der Waals surface area contributed by atoms with E-state index < -0.39 is 12.0 Å². The van der Waals surface area contributed by atoms with Crippen molar-refractivity contribution in [1.29, 1.82) is 0 Å². The zero-order valence-corrected chi connectivity index (χ0v) is 9.61. The zero-order chi connectivity index (χ0) is 12.1. The van der Waals surface area contributed by atoms with E-state index in [1.165, 1.54) is 0 Å². The second-order valence-electron chi connectivity index (χ2n) is 4.52. The molecule has 5 heteroatoms. The van der Waals surface area contributed by atoms with Crippen molar-refractivity contribution in [1.82, 2.24) is 5.32 Å². The average molecular weight is 228 g/mol. The van der Waals surface area contributed by atoms with E-state index in [2.05, 4.69) is 5.32 Å². The van der Waals surface area contributed by atoms with Gasteiger partial charge in [-0.3, -0.25) is 9.59 Å². The fourth-order valence-electron chi connectivity index (χ4n) is 2.17. The third kappa shape index (κ3) is 3.48. The standard InChI is InChI=1S/C11H20N2O3/c1-7(12)10(14)13-6-8-4-2-3-5-9(8)11(15)16/h7-9H,2-6,12H2,1H3,(H,13,14)(H,15,16)/t7-,8-,9-/m0/s1. The first kappa shape index (κ1) is 13.0. The molecule has 0 aromatic rings. The van der Waals surface area contributed by atoms with Crippen LogP contribution < -0.4 is 11.1 Å². The van der Waals surface area contributed by atoms with E-state index in [0.717, 1.165) is 19.3 Å². The van der Waals surface area contributed by atoms with E-state index in [-0.39, 0.29) is 17.7 Å². The van der Waals surface area contributed by atoms with Crippen LogP contribution in [-0.2, 0) is 9.59 Å². The van der Waals surface area contributed by atoms with Gasteiger partial charge in [0.2, 0.25) is 5.91 Å². The largest absolute Gasteiger partial charge is 0.481 e. The Balaban J connectivity index is 2.44. The van der Waals surface area contributed by atoms with Gasteiger partial charge in [0, 0.05) is 6.54 Å². The Labute approximate surface area is 95.4 Å². The molecule has 1 fully saturated rings. The highest BCUT2D eigenvalue weighted by atomic mass is 16.4. The lowest BCUT2D eigenvalue weighted by atomic mass is 9.79. The smallest absolute Gasteiger partial charge is 0.306 e. The monoisotopic (exact) mass is 228 g/mol. The number of hydrogen-bond donors (Lipinski definition) is 3. The van der Waals surface area contributed by atoms with Gasteiger partial charge in [-0.1, -0.05) is 12.8 Å². The van der Waals surface area contributed by atoms with Crippen LogP contribution in [0.5, 0.6) is 0 Å². The molecular weight excluding hydrogens is 208 g/mol. The minimum Gasteiger partial charge on any atom is -0.481 e. The van der Waals surface area contributed by atoms with E-state index in [1.54, 1.807) is 6.92 Å². The van der Waals surface area contributed by atoms with Crippen molar-refractivity contribution in [2.24, 2.45) is 17.6 Å². The Morgan fingerprint density at radius 1 is 1.44 bits per heavy atom. The van der Waals surface area contributed by atoms with Crippen LogP contribution in [0.25, 0.3) is 0 Å². The average Bonchev–Trinajstić information content (AvgIpc) is 2.25. The van der Waals surface area contributed by atoms with Gasteiger partial charge in [0.05, 0.1) is 12.0 Å². The molecule has 0 heterocycles. The van der Waals surface area contributed by atoms with Crippen molar-refractivity contribution in [2.75, 3.05) is 6.54 Å². The maximum Gasteiger partial charge on any atom is 0.306 e. The van der Waals surface area contributed by atoms with E-state index in [1.807, 2.05) is 0 Å². The lowest BCUT2D eigenvalue weighted by Crippen LogP contribution is -2.43. The number of nitrogens with one attached hydrogen (secondary N) is 1. The number of hydrogen-bond acceptors (Lipinski definition) is 3.